The number of hydrogen-bond acceptors (Lipinski definition) is 1. The summed E-state index contributed by atoms with van der Waals surface area (Å²) in [5.74, 6) is 0. The second kappa shape index (κ2) is 6.63. The summed E-state index contributed by atoms with van der Waals surface area (Å²) in [6.45, 7) is 4.67. The molecule has 1 heteroatoms. The summed E-state index contributed by atoms with van der Waals surface area (Å²) < 4.78 is 0. The fourth-order valence-electron chi connectivity index (χ4n) is 4.82. The first-order valence-corrected chi connectivity index (χ1v) is 10.2. The molecule has 29 heavy (non-hydrogen) atoms. The van der Waals surface area contributed by atoms with Crippen molar-refractivity contribution in [2.75, 3.05) is 0 Å². The summed E-state index contributed by atoms with van der Waals surface area (Å²) >= 11 is 0. The van der Waals surface area contributed by atoms with Crippen LogP contribution in [-0.4, -0.2) is 0 Å². The van der Waals surface area contributed by atoms with Gasteiger partial charge in [0.2, 0.25) is 0 Å². The molecule has 1 nitrogen and oxygen atoms in total. The molecular formula is C28H25N. The Balaban J connectivity index is 1.53. The van der Waals surface area contributed by atoms with Crippen LogP contribution in [-0.2, 0) is 11.8 Å². The molecule has 0 aliphatic heterocycles. The van der Waals surface area contributed by atoms with Crippen molar-refractivity contribution in [2.45, 2.75) is 25.7 Å². The van der Waals surface area contributed by atoms with Crippen LogP contribution >= 0.6 is 0 Å². The van der Waals surface area contributed by atoms with Gasteiger partial charge in [-0.1, -0.05) is 86.7 Å². The lowest BCUT2D eigenvalue weighted by atomic mass is 9.81. The molecule has 0 saturated carbocycles. The van der Waals surface area contributed by atoms with Crippen molar-refractivity contribution in [3.05, 3.63) is 113 Å². The monoisotopic (exact) mass is 375 g/mol. The molecule has 0 heterocycles. The number of hydrogen-bond donors (Lipinski definition) is 1. The summed E-state index contributed by atoms with van der Waals surface area (Å²) in [6.07, 6.45) is 10.8. The Morgan fingerprint density at radius 3 is 2.34 bits per heavy atom. The van der Waals surface area contributed by atoms with Gasteiger partial charge in [-0.25, -0.2) is 0 Å². The summed E-state index contributed by atoms with van der Waals surface area (Å²) in [5, 5.41) is 0. The maximum atomic E-state index is 5.43. The predicted octanol–water partition coefficient (Wildman–Crippen LogP) is 6.63. The van der Waals surface area contributed by atoms with Crippen LogP contribution in [0, 0.1) is 0 Å². The molecule has 3 aromatic rings. The molecule has 0 amide bonds. The highest BCUT2D eigenvalue weighted by molar-refractivity contribution is 5.85. The van der Waals surface area contributed by atoms with Gasteiger partial charge >= 0.3 is 0 Å². The van der Waals surface area contributed by atoms with E-state index in [1.807, 2.05) is 12.2 Å². The summed E-state index contributed by atoms with van der Waals surface area (Å²) in [7, 11) is 0. The van der Waals surface area contributed by atoms with Gasteiger partial charge in [0.15, 0.2) is 0 Å². The highest BCUT2D eigenvalue weighted by atomic mass is 14.5. The van der Waals surface area contributed by atoms with Gasteiger partial charge < -0.3 is 5.73 Å². The first-order chi connectivity index (χ1) is 14.1. The molecule has 142 valence electrons. The van der Waals surface area contributed by atoms with E-state index in [4.69, 9.17) is 5.73 Å². The van der Waals surface area contributed by atoms with Gasteiger partial charge in [0.1, 0.15) is 0 Å². The van der Waals surface area contributed by atoms with Crippen LogP contribution in [0.3, 0.4) is 0 Å². The summed E-state index contributed by atoms with van der Waals surface area (Å²) in [4.78, 5) is 0. The third kappa shape index (κ3) is 2.77. The van der Waals surface area contributed by atoms with E-state index < -0.39 is 0 Å². The van der Waals surface area contributed by atoms with Gasteiger partial charge in [0.25, 0.3) is 0 Å². The zero-order valence-electron chi connectivity index (χ0n) is 16.9. The van der Waals surface area contributed by atoms with E-state index >= 15 is 0 Å². The molecule has 0 radical (unpaired) electrons. The second-order valence-corrected chi connectivity index (χ2v) is 8.41. The third-order valence-corrected chi connectivity index (χ3v) is 6.37. The SMILES string of the molecule is CC1(C)c2ccccc2-c2ccc(-c3ccc4c(c3)CC=C4/C=C\C=C/N)cc21. The maximum Gasteiger partial charge on any atom is 0.0159 e. The molecule has 0 aromatic heterocycles. The van der Waals surface area contributed by atoms with E-state index in [0.717, 1.165) is 6.42 Å². The first kappa shape index (κ1) is 17.8. The Hall–Kier alpha value is -3.32. The molecule has 3 aromatic carbocycles. The largest absolute Gasteiger partial charge is 0.405 e. The van der Waals surface area contributed by atoms with E-state index in [1.165, 1.54) is 50.1 Å². The lowest BCUT2D eigenvalue weighted by Gasteiger charge is -2.22. The van der Waals surface area contributed by atoms with Crippen molar-refractivity contribution in [3.8, 4) is 22.3 Å². The lowest BCUT2D eigenvalue weighted by Crippen LogP contribution is -2.14. The molecule has 0 bridgehead atoms. The van der Waals surface area contributed by atoms with Gasteiger partial charge in [0.05, 0.1) is 0 Å². The average Bonchev–Trinajstić information content (AvgIpc) is 3.25. The van der Waals surface area contributed by atoms with Crippen molar-refractivity contribution in [1.29, 1.82) is 0 Å². The topological polar surface area (TPSA) is 26.0 Å². The minimum Gasteiger partial charge on any atom is -0.405 e. The number of fused-ring (bicyclic) bond motifs is 4. The van der Waals surface area contributed by atoms with Crippen LogP contribution in [0.5, 0.6) is 0 Å². The highest BCUT2D eigenvalue weighted by Crippen LogP contribution is 2.49. The van der Waals surface area contributed by atoms with Crippen LogP contribution in [0.15, 0.2) is 91.2 Å². The predicted molar refractivity (Wildman–Crippen MR) is 124 cm³/mol. The Morgan fingerprint density at radius 1 is 0.793 bits per heavy atom. The van der Waals surface area contributed by atoms with Crippen molar-refractivity contribution in [1.82, 2.24) is 0 Å². The zero-order chi connectivity index (χ0) is 20.0. The zero-order valence-corrected chi connectivity index (χ0v) is 16.9. The van der Waals surface area contributed by atoms with Gasteiger partial charge in [-0.05, 0) is 74.8 Å². The van der Waals surface area contributed by atoms with E-state index in [1.54, 1.807) is 6.20 Å². The van der Waals surface area contributed by atoms with Crippen LogP contribution in [0.25, 0.3) is 27.8 Å². The van der Waals surface area contributed by atoms with E-state index in [2.05, 4.69) is 86.7 Å². The summed E-state index contributed by atoms with van der Waals surface area (Å²) in [5.41, 5.74) is 17.6. The van der Waals surface area contributed by atoms with Gasteiger partial charge in [0, 0.05) is 5.41 Å². The molecule has 2 N–H and O–H groups in total. The van der Waals surface area contributed by atoms with E-state index in [-0.39, 0.29) is 5.41 Å². The molecule has 2 aliphatic rings. The minimum absolute atomic E-state index is 0.0364. The molecule has 0 fully saturated rings. The molecule has 0 atom stereocenters. The highest BCUT2D eigenvalue weighted by Gasteiger charge is 2.35. The number of rotatable bonds is 3. The summed E-state index contributed by atoms with van der Waals surface area (Å²) in [6, 6.07) is 22.6. The molecule has 0 saturated heterocycles. The standard InChI is InChI=1S/C28H25N/c1-28(2)26-9-4-3-8-24(26)25-15-13-21(18-27(25)28)20-12-14-23-19(7-5-6-16-29)10-11-22(23)17-20/h3-10,12-18H,11,29H2,1-2H3/b7-5-,16-6-. The van der Waals surface area contributed by atoms with Gasteiger partial charge in [-0.3, -0.25) is 0 Å². The number of allylic oxidation sites excluding steroid dienone is 5. The minimum atomic E-state index is 0.0364. The molecule has 5 rings (SSSR count). The van der Waals surface area contributed by atoms with Crippen LogP contribution in [0.4, 0.5) is 0 Å². The second-order valence-electron chi connectivity index (χ2n) is 8.41. The third-order valence-electron chi connectivity index (χ3n) is 6.37. The maximum absolute atomic E-state index is 5.43. The van der Waals surface area contributed by atoms with E-state index in [0.29, 0.717) is 0 Å². The van der Waals surface area contributed by atoms with Crippen molar-refractivity contribution in [2.24, 2.45) is 5.73 Å². The van der Waals surface area contributed by atoms with Crippen LogP contribution < -0.4 is 5.73 Å². The fourth-order valence-corrected chi connectivity index (χ4v) is 4.82. The molecule has 0 spiro atoms. The normalized spacial score (nSPS) is 16.1. The molecule has 2 aliphatic carbocycles. The quantitative estimate of drug-likeness (QED) is 0.511. The Bertz CT molecular complexity index is 1200. The van der Waals surface area contributed by atoms with Crippen LogP contribution in [0.2, 0.25) is 0 Å². The van der Waals surface area contributed by atoms with Crippen molar-refractivity contribution < 1.29 is 0 Å². The Kier molecular flexibility index (Phi) is 4.06. The molecule has 0 unspecified atom stereocenters. The van der Waals surface area contributed by atoms with Crippen molar-refractivity contribution >= 4 is 5.57 Å². The smallest absolute Gasteiger partial charge is 0.0159 e. The number of benzene rings is 3. The first-order valence-electron chi connectivity index (χ1n) is 10.2. The number of nitrogens with two attached hydrogens (primary N) is 1. The van der Waals surface area contributed by atoms with Gasteiger partial charge in [-0.15, -0.1) is 0 Å². The van der Waals surface area contributed by atoms with E-state index in [9.17, 15) is 0 Å². The van der Waals surface area contributed by atoms with Crippen molar-refractivity contribution in [3.63, 3.8) is 0 Å². The lowest BCUT2D eigenvalue weighted by molar-refractivity contribution is 0.660. The van der Waals surface area contributed by atoms with Crippen LogP contribution in [0.1, 0.15) is 36.1 Å². The average molecular weight is 376 g/mol. The Morgan fingerprint density at radius 2 is 1.52 bits per heavy atom. The van der Waals surface area contributed by atoms with Gasteiger partial charge in [-0.2, -0.15) is 0 Å². The molecular weight excluding hydrogens is 350 g/mol. The Labute approximate surface area is 172 Å². The fraction of sp³-hybridized carbons (Fsp3) is 0.143.